The van der Waals surface area contributed by atoms with Gasteiger partial charge >= 0.3 is 8.53 Å². The van der Waals surface area contributed by atoms with Gasteiger partial charge in [-0.1, -0.05) is 18.2 Å². The first-order valence-corrected chi connectivity index (χ1v) is 6.60. The van der Waals surface area contributed by atoms with Crippen molar-refractivity contribution < 1.29 is 14.0 Å². The van der Waals surface area contributed by atoms with Crippen LogP contribution in [0.15, 0.2) is 54.6 Å². The molecule has 0 aliphatic heterocycles. The highest BCUT2D eigenvalue weighted by atomic mass is 31.2. The molecule has 2 rings (SSSR count). The molecule has 2 aromatic rings. The maximum absolute atomic E-state index is 10.5. The quantitative estimate of drug-likeness (QED) is 0.515. The van der Waals surface area contributed by atoms with E-state index in [0.29, 0.717) is 11.5 Å². The molecule has 0 saturated heterocycles. The first-order valence-electron chi connectivity index (χ1n) is 5.35. The number of non-ortho nitro benzene ring substituents is 1. The van der Waals surface area contributed by atoms with Crippen molar-refractivity contribution in [3.8, 4) is 11.5 Å². The number of hydrogen-bond donors (Lipinski definition) is 1. The number of benzene rings is 2. The molecule has 0 radical (unpaired) electrons. The maximum atomic E-state index is 10.5. The number of nitrogens with two attached hydrogens (primary N) is 1. The van der Waals surface area contributed by atoms with E-state index >= 15 is 0 Å². The molecule has 0 aliphatic rings. The predicted molar refractivity (Wildman–Crippen MR) is 71.9 cm³/mol. The number of nitro benzene ring substituents is 1. The van der Waals surface area contributed by atoms with Crippen LogP contribution in [0.4, 0.5) is 5.69 Å². The molecule has 6 nitrogen and oxygen atoms in total. The fourth-order valence-corrected chi connectivity index (χ4v) is 2.03. The van der Waals surface area contributed by atoms with Crippen LogP contribution in [0, 0.1) is 10.1 Å². The monoisotopic (exact) mass is 278 g/mol. The molecule has 0 saturated carbocycles. The Morgan fingerprint density at radius 3 is 2.00 bits per heavy atom. The normalized spacial score (nSPS) is 11.6. The smallest absolute Gasteiger partial charge is 0.378 e. The van der Waals surface area contributed by atoms with Gasteiger partial charge in [-0.05, 0) is 24.3 Å². The molecule has 7 heteroatoms. The minimum absolute atomic E-state index is 0.00215. The molecular weight excluding hydrogens is 267 g/mol. The Labute approximate surface area is 110 Å². The lowest BCUT2D eigenvalue weighted by Gasteiger charge is -2.13. The van der Waals surface area contributed by atoms with E-state index in [9.17, 15) is 10.1 Å². The van der Waals surface area contributed by atoms with Gasteiger partial charge in [-0.25, -0.2) is 5.50 Å². The SMILES string of the molecule is NP(Oc1ccccc1)Oc1ccc([N+](=O)[O-])cc1. The van der Waals surface area contributed by atoms with E-state index in [0.717, 1.165) is 0 Å². The van der Waals surface area contributed by atoms with Crippen molar-refractivity contribution in [2.75, 3.05) is 0 Å². The van der Waals surface area contributed by atoms with Gasteiger partial charge in [-0.2, -0.15) is 0 Å². The molecule has 19 heavy (non-hydrogen) atoms. The summed E-state index contributed by atoms with van der Waals surface area (Å²) in [4.78, 5) is 10.0. The Balaban J connectivity index is 1.95. The highest BCUT2D eigenvalue weighted by Crippen LogP contribution is 2.33. The topological polar surface area (TPSA) is 87.6 Å². The maximum Gasteiger partial charge on any atom is 0.378 e. The van der Waals surface area contributed by atoms with Crippen LogP contribution in [0.2, 0.25) is 0 Å². The van der Waals surface area contributed by atoms with Crippen LogP contribution >= 0.6 is 8.53 Å². The number of nitrogens with zero attached hydrogens (tertiary/aromatic N) is 1. The summed E-state index contributed by atoms with van der Waals surface area (Å²) >= 11 is 0. The summed E-state index contributed by atoms with van der Waals surface area (Å²) in [5, 5.41) is 10.5. The van der Waals surface area contributed by atoms with Gasteiger partial charge in [-0.15, -0.1) is 0 Å². The zero-order valence-electron chi connectivity index (χ0n) is 9.80. The Morgan fingerprint density at radius 2 is 1.47 bits per heavy atom. The lowest BCUT2D eigenvalue weighted by molar-refractivity contribution is -0.384. The number of hydrogen-bond acceptors (Lipinski definition) is 5. The van der Waals surface area contributed by atoms with Gasteiger partial charge in [0.05, 0.1) is 4.92 Å². The molecule has 0 aromatic heterocycles. The van der Waals surface area contributed by atoms with E-state index in [1.54, 1.807) is 12.1 Å². The molecule has 98 valence electrons. The summed E-state index contributed by atoms with van der Waals surface area (Å²) in [6, 6.07) is 14.7. The van der Waals surface area contributed by atoms with Crippen LogP contribution in [0.5, 0.6) is 11.5 Å². The average Bonchev–Trinajstić information content (AvgIpc) is 2.40. The predicted octanol–water partition coefficient (Wildman–Crippen LogP) is 3.24. The van der Waals surface area contributed by atoms with Crippen molar-refractivity contribution in [1.82, 2.24) is 0 Å². The second-order valence-electron chi connectivity index (χ2n) is 3.53. The van der Waals surface area contributed by atoms with E-state index in [-0.39, 0.29) is 5.69 Å². The van der Waals surface area contributed by atoms with Crippen LogP contribution in [-0.2, 0) is 0 Å². The Hall–Kier alpha value is -2.17. The van der Waals surface area contributed by atoms with Gasteiger partial charge in [0.1, 0.15) is 11.5 Å². The molecule has 2 aromatic carbocycles. The minimum Gasteiger partial charge on any atom is -0.427 e. The van der Waals surface area contributed by atoms with Gasteiger partial charge in [0.2, 0.25) is 0 Å². The number of para-hydroxylation sites is 1. The van der Waals surface area contributed by atoms with Crippen molar-refractivity contribution in [2.45, 2.75) is 0 Å². The Kier molecular flexibility index (Phi) is 4.28. The lowest BCUT2D eigenvalue weighted by atomic mass is 10.3. The van der Waals surface area contributed by atoms with Gasteiger partial charge in [0.15, 0.2) is 0 Å². The van der Waals surface area contributed by atoms with Gasteiger partial charge in [0.25, 0.3) is 5.69 Å². The van der Waals surface area contributed by atoms with Crippen LogP contribution < -0.4 is 14.6 Å². The number of rotatable bonds is 5. The first-order chi connectivity index (χ1) is 9.15. The van der Waals surface area contributed by atoms with Gasteiger partial charge < -0.3 is 9.05 Å². The van der Waals surface area contributed by atoms with Crippen LogP contribution in [-0.4, -0.2) is 4.92 Å². The molecular formula is C12H11N2O4P. The van der Waals surface area contributed by atoms with E-state index in [2.05, 4.69) is 0 Å². The number of nitro groups is 1. The van der Waals surface area contributed by atoms with Crippen LogP contribution in [0.25, 0.3) is 0 Å². The zero-order chi connectivity index (χ0) is 13.7. The van der Waals surface area contributed by atoms with E-state index in [1.165, 1.54) is 24.3 Å². The Bertz CT molecular complexity index is 547. The summed E-state index contributed by atoms with van der Waals surface area (Å²) in [6.07, 6.45) is 0. The molecule has 0 heterocycles. The molecule has 0 aliphatic carbocycles. The van der Waals surface area contributed by atoms with Gasteiger partial charge in [-0.3, -0.25) is 10.1 Å². The molecule has 0 fully saturated rings. The molecule has 2 N–H and O–H groups in total. The largest absolute Gasteiger partial charge is 0.427 e. The van der Waals surface area contributed by atoms with Crippen molar-refractivity contribution in [3.63, 3.8) is 0 Å². The molecule has 0 spiro atoms. The third-order valence-electron chi connectivity index (χ3n) is 2.18. The standard InChI is InChI=1S/C12H11N2O4P/c13-19(17-11-4-2-1-3-5-11)18-12-8-6-10(7-9-12)14(15)16/h1-9H,13H2. The highest BCUT2D eigenvalue weighted by molar-refractivity contribution is 7.45. The first kappa shape index (κ1) is 13.3. The van der Waals surface area contributed by atoms with Crippen molar-refractivity contribution in [2.24, 2.45) is 5.50 Å². The molecule has 1 unspecified atom stereocenters. The Morgan fingerprint density at radius 1 is 0.947 bits per heavy atom. The van der Waals surface area contributed by atoms with Crippen LogP contribution in [0.3, 0.4) is 0 Å². The van der Waals surface area contributed by atoms with Crippen LogP contribution in [0.1, 0.15) is 0 Å². The molecule has 0 amide bonds. The second kappa shape index (κ2) is 6.13. The summed E-state index contributed by atoms with van der Waals surface area (Å²) in [6.45, 7) is 0. The molecule has 1 atom stereocenters. The highest BCUT2D eigenvalue weighted by Gasteiger charge is 2.10. The van der Waals surface area contributed by atoms with Crippen molar-refractivity contribution in [1.29, 1.82) is 0 Å². The summed E-state index contributed by atoms with van der Waals surface area (Å²) in [5.41, 5.74) is 5.72. The lowest BCUT2D eigenvalue weighted by Crippen LogP contribution is -2.03. The fourth-order valence-electron chi connectivity index (χ4n) is 1.34. The zero-order valence-corrected chi connectivity index (χ0v) is 10.7. The third kappa shape index (κ3) is 3.91. The van der Waals surface area contributed by atoms with Crippen molar-refractivity contribution >= 4 is 14.2 Å². The van der Waals surface area contributed by atoms with Gasteiger partial charge in [0, 0.05) is 12.1 Å². The molecule has 0 bridgehead atoms. The van der Waals surface area contributed by atoms with E-state index in [4.69, 9.17) is 14.6 Å². The summed E-state index contributed by atoms with van der Waals surface area (Å²) in [7, 11) is -1.63. The third-order valence-corrected chi connectivity index (χ3v) is 2.96. The fraction of sp³-hybridized carbons (Fsp3) is 0. The second-order valence-corrected chi connectivity index (χ2v) is 4.47. The van der Waals surface area contributed by atoms with E-state index < -0.39 is 13.4 Å². The average molecular weight is 278 g/mol. The minimum atomic E-state index is -1.63. The summed E-state index contributed by atoms with van der Waals surface area (Å²) < 4.78 is 10.7. The summed E-state index contributed by atoms with van der Waals surface area (Å²) in [5.74, 6) is 1.04. The van der Waals surface area contributed by atoms with Crippen molar-refractivity contribution in [3.05, 3.63) is 64.7 Å². The van der Waals surface area contributed by atoms with E-state index in [1.807, 2.05) is 18.2 Å².